The van der Waals surface area contributed by atoms with Crippen LogP contribution in [-0.2, 0) is 21.2 Å². The summed E-state index contributed by atoms with van der Waals surface area (Å²) in [6.45, 7) is 4.06. The van der Waals surface area contributed by atoms with Crippen LogP contribution in [-0.4, -0.2) is 56.1 Å². The molecule has 0 spiro atoms. The lowest BCUT2D eigenvalue weighted by Crippen LogP contribution is -2.48. The molecule has 1 saturated heterocycles. The van der Waals surface area contributed by atoms with Gasteiger partial charge in [0.15, 0.2) is 9.84 Å². The van der Waals surface area contributed by atoms with Crippen molar-refractivity contribution in [3.05, 3.63) is 47.4 Å². The SMILES string of the molecule is O=C(CC1C=CS(=O)(=O)C1)N1CCN(Cc2ccccc2)CC1. The fraction of sp³-hybridized carbons (Fsp3) is 0.471. The van der Waals surface area contributed by atoms with Crippen LogP contribution in [0.1, 0.15) is 12.0 Å². The Hall–Kier alpha value is -1.66. The molecular formula is C17H22N2O3S. The number of hydrogen-bond acceptors (Lipinski definition) is 4. The molecule has 0 aliphatic carbocycles. The Morgan fingerprint density at radius 3 is 2.39 bits per heavy atom. The van der Waals surface area contributed by atoms with E-state index < -0.39 is 9.84 Å². The minimum absolute atomic E-state index is 0.0658. The number of sulfone groups is 1. The molecule has 1 aromatic rings. The summed E-state index contributed by atoms with van der Waals surface area (Å²) in [6.07, 6.45) is 1.95. The highest BCUT2D eigenvalue weighted by Gasteiger charge is 2.27. The van der Waals surface area contributed by atoms with Crippen molar-refractivity contribution in [2.24, 2.45) is 5.92 Å². The standard InChI is InChI=1S/C17H22N2O3S/c20-17(12-16-6-11-23(21,22)14-16)19-9-7-18(8-10-19)13-15-4-2-1-3-5-15/h1-6,11,16H,7-10,12-14H2. The second-order valence-corrected chi connectivity index (χ2v) is 8.20. The van der Waals surface area contributed by atoms with Crippen molar-refractivity contribution in [3.8, 4) is 0 Å². The van der Waals surface area contributed by atoms with Crippen LogP contribution in [0.4, 0.5) is 0 Å². The molecule has 6 heteroatoms. The first-order valence-corrected chi connectivity index (χ1v) is 9.68. The smallest absolute Gasteiger partial charge is 0.223 e. The van der Waals surface area contributed by atoms with E-state index in [1.54, 1.807) is 6.08 Å². The van der Waals surface area contributed by atoms with Crippen LogP contribution in [0, 0.1) is 5.92 Å². The molecule has 2 aliphatic heterocycles. The average Bonchev–Trinajstić information content (AvgIpc) is 2.88. The maximum absolute atomic E-state index is 12.3. The summed E-state index contributed by atoms with van der Waals surface area (Å²) in [5.74, 6) is -0.0156. The number of benzene rings is 1. The molecule has 0 aromatic heterocycles. The monoisotopic (exact) mass is 334 g/mol. The molecule has 2 heterocycles. The summed E-state index contributed by atoms with van der Waals surface area (Å²) in [5.41, 5.74) is 1.29. The Bertz CT molecular complexity index is 677. The second-order valence-electron chi connectivity index (χ2n) is 6.26. The van der Waals surface area contributed by atoms with E-state index in [9.17, 15) is 13.2 Å². The van der Waals surface area contributed by atoms with E-state index in [4.69, 9.17) is 0 Å². The van der Waals surface area contributed by atoms with Gasteiger partial charge in [0, 0.05) is 50.5 Å². The van der Waals surface area contributed by atoms with E-state index in [0.717, 1.165) is 32.7 Å². The third-order valence-electron chi connectivity index (χ3n) is 4.42. The van der Waals surface area contributed by atoms with Crippen molar-refractivity contribution in [3.63, 3.8) is 0 Å². The largest absolute Gasteiger partial charge is 0.340 e. The molecule has 1 unspecified atom stereocenters. The molecule has 0 saturated carbocycles. The van der Waals surface area contributed by atoms with Gasteiger partial charge in [0.2, 0.25) is 5.91 Å². The number of allylic oxidation sites excluding steroid dienone is 1. The first kappa shape index (κ1) is 16.2. The van der Waals surface area contributed by atoms with E-state index in [1.165, 1.54) is 11.0 Å². The Morgan fingerprint density at radius 2 is 1.78 bits per heavy atom. The molecule has 2 aliphatic rings. The number of carbonyl (C=O) groups is 1. The molecule has 0 N–H and O–H groups in total. The molecule has 1 amide bonds. The zero-order chi connectivity index (χ0) is 16.3. The van der Waals surface area contributed by atoms with E-state index in [1.807, 2.05) is 23.1 Å². The summed E-state index contributed by atoms with van der Waals surface area (Å²) in [6, 6.07) is 10.3. The molecule has 124 valence electrons. The molecular weight excluding hydrogens is 312 g/mol. The molecule has 0 bridgehead atoms. The van der Waals surface area contributed by atoms with E-state index in [-0.39, 0.29) is 17.6 Å². The predicted octanol–water partition coefficient (Wildman–Crippen LogP) is 1.28. The highest BCUT2D eigenvalue weighted by molar-refractivity contribution is 7.94. The van der Waals surface area contributed by atoms with Gasteiger partial charge >= 0.3 is 0 Å². The quantitative estimate of drug-likeness (QED) is 0.832. The average molecular weight is 334 g/mol. The Morgan fingerprint density at radius 1 is 1.09 bits per heavy atom. The Kier molecular flexibility index (Phi) is 4.82. The normalized spacial score (nSPS) is 24.0. The van der Waals surface area contributed by atoms with E-state index in [0.29, 0.717) is 6.42 Å². The fourth-order valence-electron chi connectivity index (χ4n) is 3.12. The third kappa shape index (κ3) is 4.42. The summed E-state index contributed by atoms with van der Waals surface area (Å²) >= 11 is 0. The van der Waals surface area contributed by atoms with Gasteiger partial charge < -0.3 is 4.90 Å². The summed E-state index contributed by atoms with van der Waals surface area (Å²) in [4.78, 5) is 16.5. The van der Waals surface area contributed by atoms with Crippen molar-refractivity contribution >= 4 is 15.7 Å². The van der Waals surface area contributed by atoms with Crippen molar-refractivity contribution in [1.82, 2.24) is 9.80 Å². The number of amides is 1. The number of hydrogen-bond donors (Lipinski definition) is 0. The van der Waals surface area contributed by atoms with Gasteiger partial charge in [0.1, 0.15) is 0 Å². The molecule has 5 nitrogen and oxygen atoms in total. The van der Waals surface area contributed by atoms with Gasteiger partial charge in [-0.05, 0) is 5.56 Å². The maximum atomic E-state index is 12.3. The minimum Gasteiger partial charge on any atom is -0.340 e. The lowest BCUT2D eigenvalue weighted by atomic mass is 10.1. The number of rotatable bonds is 4. The van der Waals surface area contributed by atoms with Gasteiger partial charge in [0.25, 0.3) is 0 Å². The van der Waals surface area contributed by atoms with Gasteiger partial charge in [0.05, 0.1) is 5.75 Å². The maximum Gasteiger partial charge on any atom is 0.223 e. The Balaban J connectivity index is 1.45. The van der Waals surface area contributed by atoms with Gasteiger partial charge in [-0.2, -0.15) is 0 Å². The van der Waals surface area contributed by atoms with Crippen molar-refractivity contribution in [2.75, 3.05) is 31.9 Å². The summed E-state index contributed by atoms with van der Waals surface area (Å²) < 4.78 is 22.8. The van der Waals surface area contributed by atoms with E-state index >= 15 is 0 Å². The highest BCUT2D eigenvalue weighted by atomic mass is 32.2. The van der Waals surface area contributed by atoms with E-state index in [2.05, 4.69) is 17.0 Å². The van der Waals surface area contributed by atoms with Crippen molar-refractivity contribution in [2.45, 2.75) is 13.0 Å². The lowest BCUT2D eigenvalue weighted by molar-refractivity contribution is -0.133. The zero-order valence-corrected chi connectivity index (χ0v) is 13.9. The molecule has 1 atom stereocenters. The third-order valence-corrected chi connectivity index (χ3v) is 5.88. The molecule has 3 rings (SSSR count). The van der Waals surface area contributed by atoms with Gasteiger partial charge in [-0.25, -0.2) is 8.42 Å². The van der Waals surface area contributed by atoms with Crippen LogP contribution in [0.15, 0.2) is 41.8 Å². The first-order valence-electron chi connectivity index (χ1n) is 7.97. The van der Waals surface area contributed by atoms with Gasteiger partial charge in [-0.15, -0.1) is 0 Å². The van der Waals surface area contributed by atoms with Gasteiger partial charge in [-0.1, -0.05) is 36.4 Å². The summed E-state index contributed by atoms with van der Waals surface area (Å²) in [5, 5.41) is 1.24. The summed E-state index contributed by atoms with van der Waals surface area (Å²) in [7, 11) is -3.07. The molecule has 1 aromatic carbocycles. The fourth-order valence-corrected chi connectivity index (χ4v) is 4.52. The molecule has 1 fully saturated rings. The predicted molar refractivity (Wildman–Crippen MR) is 89.3 cm³/mol. The van der Waals surface area contributed by atoms with Crippen LogP contribution in [0.3, 0.4) is 0 Å². The van der Waals surface area contributed by atoms with Crippen molar-refractivity contribution < 1.29 is 13.2 Å². The van der Waals surface area contributed by atoms with Crippen molar-refractivity contribution in [1.29, 1.82) is 0 Å². The highest BCUT2D eigenvalue weighted by Crippen LogP contribution is 2.20. The van der Waals surface area contributed by atoms with Crippen LogP contribution in [0.2, 0.25) is 0 Å². The lowest BCUT2D eigenvalue weighted by Gasteiger charge is -2.35. The minimum atomic E-state index is -3.07. The zero-order valence-electron chi connectivity index (χ0n) is 13.1. The number of nitrogens with zero attached hydrogens (tertiary/aromatic N) is 2. The van der Waals surface area contributed by atoms with Crippen LogP contribution >= 0.6 is 0 Å². The topological polar surface area (TPSA) is 57.7 Å². The van der Waals surface area contributed by atoms with Gasteiger partial charge in [-0.3, -0.25) is 9.69 Å². The number of carbonyl (C=O) groups excluding carboxylic acids is 1. The molecule has 23 heavy (non-hydrogen) atoms. The second kappa shape index (κ2) is 6.84. The van der Waals surface area contributed by atoms with Crippen LogP contribution < -0.4 is 0 Å². The first-order chi connectivity index (χ1) is 11.0. The molecule has 0 radical (unpaired) electrons. The van der Waals surface area contributed by atoms with Crippen LogP contribution in [0.25, 0.3) is 0 Å². The number of piperazine rings is 1. The Labute approximate surface area is 137 Å². The van der Waals surface area contributed by atoms with Crippen LogP contribution in [0.5, 0.6) is 0 Å².